The van der Waals surface area contributed by atoms with Crippen LogP contribution >= 0.6 is 0 Å². The van der Waals surface area contributed by atoms with E-state index in [2.05, 4.69) is 27.1 Å². The van der Waals surface area contributed by atoms with Crippen LogP contribution in [0, 0.1) is 5.92 Å². The molecule has 3 N–H and O–H groups in total. The molecule has 8 heteroatoms. The first-order valence-electron chi connectivity index (χ1n) is 14.1. The number of carboxylic acids is 1. The maximum Gasteiger partial charge on any atom is 0.303 e. The molecule has 210 valence electrons. The van der Waals surface area contributed by atoms with Gasteiger partial charge in [-0.1, -0.05) is 66.7 Å². The van der Waals surface area contributed by atoms with Crippen LogP contribution in [0.1, 0.15) is 49.3 Å². The lowest BCUT2D eigenvalue weighted by Gasteiger charge is -2.40. The fraction of sp³-hybridized carbons (Fsp3) is 0.375. The number of benzene rings is 3. The number of piperazine rings is 1. The van der Waals surface area contributed by atoms with Crippen LogP contribution in [0.2, 0.25) is 0 Å². The average molecular weight is 560 g/mol. The van der Waals surface area contributed by atoms with Crippen LogP contribution < -0.4 is 10.0 Å². The van der Waals surface area contributed by atoms with Crippen LogP contribution in [0.25, 0.3) is 11.1 Å². The summed E-state index contributed by atoms with van der Waals surface area (Å²) in [5, 5.41) is 12.3. The minimum absolute atomic E-state index is 0.0191. The molecule has 7 nitrogen and oxygen atoms in total. The highest BCUT2D eigenvalue weighted by Gasteiger charge is 2.34. The highest BCUT2D eigenvalue weighted by molar-refractivity contribution is 7.83. The number of aliphatic carboxylic acids is 1. The SMILES string of the molecule is O=C(O)CCc1ccc(-c2ccc(S(=O)NC3CCC(C(=O)N4CCNCC4c4ccccc4)CC3)cc2)cc1. The van der Waals surface area contributed by atoms with Gasteiger partial charge >= 0.3 is 5.97 Å². The fourth-order valence-corrected chi connectivity index (χ4v) is 6.80. The molecular weight excluding hydrogens is 522 g/mol. The molecule has 0 radical (unpaired) electrons. The van der Waals surface area contributed by atoms with Gasteiger partial charge in [-0.2, -0.15) is 0 Å². The molecule has 2 aliphatic rings. The standard InChI is InChI=1S/C32H37N3O4S/c36-31(37)19-8-23-6-9-24(10-7-23)25-13-17-29(18-14-25)40(39)34-28-15-11-27(12-16-28)32(38)35-21-20-33-22-30(35)26-4-2-1-3-5-26/h1-7,9-10,13-14,17-18,27-28,30,33-34H,8,11-12,15-16,19-22H2,(H,36,37). The third-order valence-corrected chi connectivity index (χ3v) is 9.29. The summed E-state index contributed by atoms with van der Waals surface area (Å²) in [5.74, 6) is -0.527. The Kier molecular flexibility index (Phi) is 9.41. The highest BCUT2D eigenvalue weighted by atomic mass is 32.2. The van der Waals surface area contributed by atoms with Gasteiger partial charge in [0.25, 0.3) is 0 Å². The molecule has 3 aromatic carbocycles. The Balaban J connectivity index is 1.12. The second-order valence-electron chi connectivity index (χ2n) is 10.7. The molecule has 5 rings (SSSR count). The molecule has 1 aliphatic carbocycles. The molecule has 1 heterocycles. The maximum atomic E-state index is 13.5. The predicted octanol–water partition coefficient (Wildman–Crippen LogP) is 4.71. The number of nitrogens with zero attached hydrogens (tertiary/aromatic N) is 1. The second-order valence-corrected chi connectivity index (χ2v) is 12.0. The summed E-state index contributed by atoms with van der Waals surface area (Å²) < 4.78 is 16.4. The van der Waals surface area contributed by atoms with Gasteiger partial charge in [-0.15, -0.1) is 0 Å². The van der Waals surface area contributed by atoms with Gasteiger partial charge in [-0.05, 0) is 66.5 Å². The minimum atomic E-state index is -1.32. The quantitative estimate of drug-likeness (QED) is 0.353. The molecule has 3 aromatic rings. The van der Waals surface area contributed by atoms with Crippen LogP contribution in [0.5, 0.6) is 0 Å². The van der Waals surface area contributed by atoms with Gasteiger partial charge in [0.1, 0.15) is 11.0 Å². The maximum absolute atomic E-state index is 13.5. The van der Waals surface area contributed by atoms with E-state index < -0.39 is 17.0 Å². The van der Waals surface area contributed by atoms with Gasteiger partial charge in [0, 0.05) is 38.0 Å². The number of carbonyl (C=O) groups is 2. The number of hydrogen-bond donors (Lipinski definition) is 3. The second kappa shape index (κ2) is 13.4. The Morgan fingerprint density at radius 1 is 0.900 bits per heavy atom. The number of nitrogens with one attached hydrogen (secondary N) is 2. The van der Waals surface area contributed by atoms with Crippen molar-refractivity contribution in [3.8, 4) is 11.1 Å². The molecule has 0 bridgehead atoms. The van der Waals surface area contributed by atoms with E-state index in [-0.39, 0.29) is 30.3 Å². The summed E-state index contributed by atoms with van der Waals surface area (Å²) in [6.07, 6.45) is 3.91. The zero-order valence-corrected chi connectivity index (χ0v) is 23.4. The lowest BCUT2D eigenvalue weighted by Crippen LogP contribution is -2.51. The molecule has 1 saturated carbocycles. The highest BCUT2D eigenvalue weighted by Crippen LogP contribution is 2.31. The van der Waals surface area contributed by atoms with E-state index in [1.165, 1.54) is 5.56 Å². The van der Waals surface area contributed by atoms with Crippen LogP contribution in [0.3, 0.4) is 0 Å². The third kappa shape index (κ3) is 7.05. The fourth-order valence-electron chi connectivity index (χ4n) is 5.74. The molecule has 0 aromatic heterocycles. The van der Waals surface area contributed by atoms with Crippen molar-refractivity contribution in [2.45, 2.75) is 55.5 Å². The monoisotopic (exact) mass is 559 g/mol. The molecule has 1 aliphatic heterocycles. The summed E-state index contributed by atoms with van der Waals surface area (Å²) in [4.78, 5) is 27.1. The van der Waals surface area contributed by atoms with Gasteiger partial charge in [-0.3, -0.25) is 9.59 Å². The summed E-state index contributed by atoms with van der Waals surface area (Å²) in [7, 11) is -1.32. The number of carbonyl (C=O) groups excluding carboxylic acids is 1. The molecule has 2 atom stereocenters. The average Bonchev–Trinajstić information content (AvgIpc) is 3.01. The number of rotatable bonds is 9. The smallest absolute Gasteiger partial charge is 0.303 e. The Bertz CT molecular complexity index is 1310. The van der Waals surface area contributed by atoms with Crippen molar-refractivity contribution in [3.05, 3.63) is 90.0 Å². The van der Waals surface area contributed by atoms with E-state index in [1.807, 2.05) is 66.7 Å². The normalized spacial score (nSPS) is 22.0. The summed E-state index contributed by atoms with van der Waals surface area (Å²) in [6.45, 7) is 2.33. The van der Waals surface area contributed by atoms with Crippen molar-refractivity contribution in [1.29, 1.82) is 0 Å². The Morgan fingerprint density at radius 3 is 2.20 bits per heavy atom. The van der Waals surface area contributed by atoms with E-state index in [4.69, 9.17) is 5.11 Å². The van der Waals surface area contributed by atoms with Gasteiger partial charge in [0.2, 0.25) is 5.91 Å². The van der Waals surface area contributed by atoms with Gasteiger partial charge in [-0.25, -0.2) is 8.93 Å². The molecule has 1 amide bonds. The summed E-state index contributed by atoms with van der Waals surface area (Å²) in [6, 6.07) is 26.1. The third-order valence-electron chi connectivity index (χ3n) is 8.04. The molecule has 0 spiro atoms. The molecular formula is C32H37N3O4S. The van der Waals surface area contributed by atoms with Crippen molar-refractivity contribution in [1.82, 2.24) is 14.9 Å². The van der Waals surface area contributed by atoms with Crippen molar-refractivity contribution >= 4 is 22.9 Å². The van der Waals surface area contributed by atoms with Gasteiger partial charge < -0.3 is 15.3 Å². The zero-order valence-electron chi connectivity index (χ0n) is 22.6. The van der Waals surface area contributed by atoms with Crippen LogP contribution in [0.4, 0.5) is 0 Å². The predicted molar refractivity (Wildman–Crippen MR) is 157 cm³/mol. The van der Waals surface area contributed by atoms with E-state index in [0.717, 1.165) is 66.9 Å². The largest absolute Gasteiger partial charge is 0.481 e. The lowest BCUT2D eigenvalue weighted by atomic mass is 9.85. The molecule has 1 saturated heterocycles. The van der Waals surface area contributed by atoms with E-state index in [1.54, 1.807) is 0 Å². The van der Waals surface area contributed by atoms with Gasteiger partial charge in [0.05, 0.1) is 10.9 Å². The topological polar surface area (TPSA) is 98.7 Å². The number of aryl methyl sites for hydroxylation is 1. The molecule has 2 fully saturated rings. The minimum Gasteiger partial charge on any atom is -0.481 e. The summed E-state index contributed by atoms with van der Waals surface area (Å²) in [5.41, 5.74) is 4.22. The van der Waals surface area contributed by atoms with E-state index in [9.17, 15) is 13.8 Å². The van der Waals surface area contributed by atoms with Crippen molar-refractivity contribution in [3.63, 3.8) is 0 Å². The Labute approximate surface area is 238 Å². The molecule has 2 unspecified atom stereocenters. The zero-order chi connectivity index (χ0) is 27.9. The molecule has 40 heavy (non-hydrogen) atoms. The van der Waals surface area contributed by atoms with Crippen LogP contribution in [-0.2, 0) is 27.0 Å². The first-order valence-corrected chi connectivity index (χ1v) is 15.3. The first kappa shape index (κ1) is 28.2. The summed E-state index contributed by atoms with van der Waals surface area (Å²) >= 11 is 0. The van der Waals surface area contributed by atoms with Crippen LogP contribution in [0.15, 0.2) is 83.8 Å². The van der Waals surface area contributed by atoms with Crippen molar-refractivity contribution in [2.75, 3.05) is 19.6 Å². The lowest BCUT2D eigenvalue weighted by molar-refractivity contribution is -0.140. The van der Waals surface area contributed by atoms with E-state index in [0.29, 0.717) is 6.42 Å². The number of hydrogen-bond acceptors (Lipinski definition) is 4. The number of carboxylic acid groups (broad SMARTS) is 1. The number of amides is 1. The van der Waals surface area contributed by atoms with Gasteiger partial charge in [0.15, 0.2) is 0 Å². The van der Waals surface area contributed by atoms with Crippen molar-refractivity contribution < 1.29 is 18.9 Å². The van der Waals surface area contributed by atoms with Crippen LogP contribution in [-0.4, -0.2) is 51.8 Å². The Morgan fingerprint density at radius 2 is 1.55 bits per heavy atom. The van der Waals surface area contributed by atoms with E-state index >= 15 is 0 Å². The Hall–Kier alpha value is -3.33. The van der Waals surface area contributed by atoms with Crippen molar-refractivity contribution in [2.24, 2.45) is 5.92 Å². The first-order chi connectivity index (χ1) is 19.5.